The first-order chi connectivity index (χ1) is 10.3. The van der Waals surface area contributed by atoms with E-state index in [0.29, 0.717) is 11.4 Å². The lowest BCUT2D eigenvalue weighted by Crippen LogP contribution is -2.37. The Labute approximate surface area is 130 Å². The summed E-state index contributed by atoms with van der Waals surface area (Å²) in [5.41, 5.74) is 0.321. The minimum absolute atomic E-state index is 0.0411. The minimum Gasteiger partial charge on any atom is -0.481 e. The topological polar surface area (TPSA) is 101 Å². The number of aromatic nitrogens is 2. The Kier molecular flexibility index (Phi) is 4.60. The molecule has 8 heteroatoms. The second-order valence-corrected chi connectivity index (χ2v) is 6.33. The largest absolute Gasteiger partial charge is 0.481 e. The van der Waals surface area contributed by atoms with E-state index < -0.39 is 17.4 Å². The summed E-state index contributed by atoms with van der Waals surface area (Å²) in [7, 11) is 0. The molecule has 1 atom stereocenters. The van der Waals surface area contributed by atoms with Crippen LogP contribution < -0.4 is 10.9 Å². The van der Waals surface area contributed by atoms with Crippen molar-refractivity contribution < 1.29 is 14.7 Å². The van der Waals surface area contributed by atoms with E-state index in [2.05, 4.69) is 10.3 Å². The quantitative estimate of drug-likeness (QED) is 0.865. The van der Waals surface area contributed by atoms with Crippen LogP contribution in [0.1, 0.15) is 40.7 Å². The number of aliphatic carboxylic acids is 1. The van der Waals surface area contributed by atoms with Crippen LogP contribution in [0.15, 0.2) is 11.0 Å². The molecular weight excluding hydrogens is 306 g/mol. The molecule has 0 spiro atoms. The zero-order valence-corrected chi connectivity index (χ0v) is 13.4. The first-order valence-electron chi connectivity index (χ1n) is 6.81. The fourth-order valence-corrected chi connectivity index (χ4v) is 2.97. The number of amides is 1. The standard InChI is InChI=1S/C14H17N3O4S/c1-7(4-5-11(18)19)16-12(20)10-6-15-14-17(13(10)21)8(2)9(3)22-14/h6-7H,4-5H2,1-3H3,(H,16,20)(H,18,19). The fraction of sp³-hybridized carbons (Fsp3) is 0.429. The fourth-order valence-electron chi connectivity index (χ4n) is 2.05. The number of carboxylic acids is 1. The molecule has 2 rings (SSSR count). The number of carbonyl (C=O) groups is 2. The third-order valence-corrected chi connectivity index (χ3v) is 4.50. The van der Waals surface area contributed by atoms with Gasteiger partial charge in [-0.2, -0.15) is 0 Å². The molecule has 2 aromatic rings. The molecule has 0 aliphatic carbocycles. The van der Waals surface area contributed by atoms with Gasteiger partial charge in [-0.1, -0.05) is 0 Å². The summed E-state index contributed by atoms with van der Waals surface area (Å²) in [6.45, 7) is 5.39. The van der Waals surface area contributed by atoms with Crippen molar-refractivity contribution in [3.05, 3.63) is 32.7 Å². The van der Waals surface area contributed by atoms with Crippen molar-refractivity contribution in [2.75, 3.05) is 0 Å². The number of aryl methyl sites for hydroxylation is 2. The van der Waals surface area contributed by atoms with Crippen molar-refractivity contribution in [2.24, 2.45) is 0 Å². The van der Waals surface area contributed by atoms with Crippen LogP contribution in [0.3, 0.4) is 0 Å². The van der Waals surface area contributed by atoms with Crippen molar-refractivity contribution in [1.29, 1.82) is 0 Å². The molecule has 118 valence electrons. The monoisotopic (exact) mass is 323 g/mol. The maximum absolute atomic E-state index is 12.4. The van der Waals surface area contributed by atoms with Crippen LogP contribution in [0.5, 0.6) is 0 Å². The minimum atomic E-state index is -0.923. The van der Waals surface area contributed by atoms with Gasteiger partial charge in [-0.3, -0.25) is 18.8 Å². The SMILES string of the molecule is Cc1sc2ncc(C(=O)NC(C)CCC(=O)O)c(=O)n2c1C. The van der Waals surface area contributed by atoms with Crippen molar-refractivity contribution in [2.45, 2.75) is 39.7 Å². The molecule has 7 nitrogen and oxygen atoms in total. The van der Waals surface area contributed by atoms with Gasteiger partial charge >= 0.3 is 5.97 Å². The van der Waals surface area contributed by atoms with Gasteiger partial charge in [0.05, 0.1) is 0 Å². The van der Waals surface area contributed by atoms with Gasteiger partial charge in [0.25, 0.3) is 11.5 Å². The molecule has 0 bridgehead atoms. The molecule has 1 unspecified atom stereocenters. The van der Waals surface area contributed by atoms with Gasteiger partial charge in [0, 0.05) is 29.2 Å². The molecule has 1 amide bonds. The zero-order valence-electron chi connectivity index (χ0n) is 12.5. The summed E-state index contributed by atoms with van der Waals surface area (Å²) >= 11 is 1.39. The number of hydrogen-bond donors (Lipinski definition) is 2. The van der Waals surface area contributed by atoms with Gasteiger partial charge in [0.15, 0.2) is 4.96 Å². The van der Waals surface area contributed by atoms with Crippen molar-refractivity contribution in [1.82, 2.24) is 14.7 Å². The smallest absolute Gasteiger partial charge is 0.303 e. The summed E-state index contributed by atoms with van der Waals surface area (Å²) < 4.78 is 1.43. The number of hydrogen-bond acceptors (Lipinski definition) is 5. The van der Waals surface area contributed by atoms with E-state index in [1.54, 1.807) is 13.8 Å². The second kappa shape index (κ2) is 6.27. The highest BCUT2D eigenvalue weighted by atomic mass is 32.1. The Morgan fingerprint density at radius 2 is 2.14 bits per heavy atom. The lowest BCUT2D eigenvalue weighted by atomic mass is 10.1. The molecule has 0 aliphatic rings. The lowest BCUT2D eigenvalue weighted by Gasteiger charge is -2.12. The average Bonchev–Trinajstić information content (AvgIpc) is 2.73. The summed E-state index contributed by atoms with van der Waals surface area (Å²) in [6, 6.07) is -0.339. The Morgan fingerprint density at radius 1 is 1.45 bits per heavy atom. The number of carbonyl (C=O) groups excluding carboxylic acids is 1. The van der Waals surface area contributed by atoms with Gasteiger partial charge in [-0.05, 0) is 27.2 Å². The molecule has 2 heterocycles. The highest BCUT2D eigenvalue weighted by Crippen LogP contribution is 2.18. The van der Waals surface area contributed by atoms with Gasteiger partial charge in [0.1, 0.15) is 5.56 Å². The van der Waals surface area contributed by atoms with E-state index in [1.807, 2.05) is 6.92 Å². The number of rotatable bonds is 5. The molecule has 22 heavy (non-hydrogen) atoms. The van der Waals surface area contributed by atoms with Crippen LogP contribution in [0, 0.1) is 13.8 Å². The third kappa shape index (κ3) is 3.16. The molecule has 0 radical (unpaired) electrons. The average molecular weight is 323 g/mol. The molecule has 0 saturated carbocycles. The number of fused-ring (bicyclic) bond motifs is 1. The normalized spacial score (nSPS) is 12.3. The van der Waals surface area contributed by atoms with E-state index in [-0.39, 0.29) is 18.0 Å². The molecule has 0 fully saturated rings. The lowest BCUT2D eigenvalue weighted by molar-refractivity contribution is -0.137. The van der Waals surface area contributed by atoms with Crippen molar-refractivity contribution in [3.8, 4) is 0 Å². The summed E-state index contributed by atoms with van der Waals surface area (Å²) in [6.07, 6.45) is 1.53. The number of carboxylic acid groups (broad SMARTS) is 1. The van der Waals surface area contributed by atoms with E-state index in [9.17, 15) is 14.4 Å². The predicted octanol–water partition coefficient (Wildman–Crippen LogP) is 1.36. The van der Waals surface area contributed by atoms with E-state index in [1.165, 1.54) is 21.9 Å². The number of nitrogens with one attached hydrogen (secondary N) is 1. The summed E-state index contributed by atoms with van der Waals surface area (Å²) in [4.78, 5) is 40.8. The van der Waals surface area contributed by atoms with Crippen LogP contribution >= 0.6 is 11.3 Å². The first-order valence-corrected chi connectivity index (χ1v) is 7.63. The maximum atomic E-state index is 12.4. The summed E-state index contributed by atoms with van der Waals surface area (Å²) in [5.74, 6) is -1.46. The van der Waals surface area contributed by atoms with Crippen LogP contribution in [0.4, 0.5) is 0 Å². The molecule has 0 aliphatic heterocycles. The van der Waals surface area contributed by atoms with Gasteiger partial charge in [-0.25, -0.2) is 4.98 Å². The Morgan fingerprint density at radius 3 is 2.77 bits per heavy atom. The van der Waals surface area contributed by atoms with Crippen LogP contribution in [-0.4, -0.2) is 32.4 Å². The molecule has 0 aromatic carbocycles. The van der Waals surface area contributed by atoms with Gasteiger partial charge in [-0.15, -0.1) is 11.3 Å². The Bertz CT molecular complexity index is 793. The molecular formula is C14H17N3O4S. The Balaban J connectivity index is 2.25. The second-order valence-electron chi connectivity index (χ2n) is 5.15. The molecule has 2 N–H and O–H groups in total. The zero-order chi connectivity index (χ0) is 16.4. The maximum Gasteiger partial charge on any atom is 0.303 e. The van der Waals surface area contributed by atoms with E-state index in [0.717, 1.165) is 10.6 Å². The first kappa shape index (κ1) is 16.2. The van der Waals surface area contributed by atoms with Crippen molar-refractivity contribution >= 4 is 28.2 Å². The molecule has 2 aromatic heterocycles. The predicted molar refractivity (Wildman–Crippen MR) is 82.6 cm³/mol. The third-order valence-electron chi connectivity index (χ3n) is 3.43. The molecule has 0 saturated heterocycles. The van der Waals surface area contributed by atoms with Gasteiger partial charge < -0.3 is 10.4 Å². The van der Waals surface area contributed by atoms with E-state index >= 15 is 0 Å². The van der Waals surface area contributed by atoms with E-state index in [4.69, 9.17) is 5.11 Å². The van der Waals surface area contributed by atoms with Crippen LogP contribution in [0.2, 0.25) is 0 Å². The Hall–Kier alpha value is -2.22. The van der Waals surface area contributed by atoms with Crippen LogP contribution in [-0.2, 0) is 4.79 Å². The number of thiazole rings is 1. The number of nitrogens with zero attached hydrogens (tertiary/aromatic N) is 2. The van der Waals surface area contributed by atoms with Crippen LogP contribution in [0.25, 0.3) is 4.96 Å². The summed E-state index contributed by atoms with van der Waals surface area (Å²) in [5, 5.41) is 11.3. The highest BCUT2D eigenvalue weighted by molar-refractivity contribution is 7.17. The van der Waals surface area contributed by atoms with Crippen molar-refractivity contribution in [3.63, 3.8) is 0 Å². The van der Waals surface area contributed by atoms with Gasteiger partial charge in [0.2, 0.25) is 0 Å². The highest BCUT2D eigenvalue weighted by Gasteiger charge is 2.18.